The number of aliphatic carboxylic acids is 1. The standard InChI is InChI=1S/C14H27N3O4/c1-6-16(7-2)13(20)11(5)15-14(21)17(8-10(3)4)9-12(18)19/h10-11H,6-9H2,1-5H3,(H,15,21)(H,18,19). The van der Waals surface area contributed by atoms with Crippen LogP contribution in [0.25, 0.3) is 0 Å². The Balaban J connectivity index is 4.72. The highest BCUT2D eigenvalue weighted by atomic mass is 16.4. The average molecular weight is 301 g/mol. The Morgan fingerprint density at radius 3 is 1.95 bits per heavy atom. The van der Waals surface area contributed by atoms with Gasteiger partial charge < -0.3 is 20.2 Å². The summed E-state index contributed by atoms with van der Waals surface area (Å²) in [6.45, 7) is 10.2. The summed E-state index contributed by atoms with van der Waals surface area (Å²) < 4.78 is 0. The molecule has 0 fully saturated rings. The molecule has 0 aromatic heterocycles. The number of urea groups is 1. The zero-order valence-corrected chi connectivity index (χ0v) is 13.5. The number of hydrogen-bond acceptors (Lipinski definition) is 3. The van der Waals surface area contributed by atoms with Gasteiger partial charge in [-0.15, -0.1) is 0 Å². The zero-order chi connectivity index (χ0) is 16.6. The summed E-state index contributed by atoms with van der Waals surface area (Å²) in [6, 6.07) is -1.21. The maximum atomic E-state index is 12.1. The first-order chi connectivity index (χ1) is 9.72. The molecule has 7 nitrogen and oxygen atoms in total. The minimum absolute atomic E-state index is 0.142. The van der Waals surface area contributed by atoms with Crippen molar-refractivity contribution in [2.24, 2.45) is 5.92 Å². The molecule has 0 aliphatic heterocycles. The van der Waals surface area contributed by atoms with Crippen LogP contribution in [-0.2, 0) is 9.59 Å². The summed E-state index contributed by atoms with van der Waals surface area (Å²) in [5, 5.41) is 11.4. The van der Waals surface area contributed by atoms with Crippen LogP contribution in [0.15, 0.2) is 0 Å². The maximum absolute atomic E-state index is 12.1. The Bertz CT molecular complexity index is 367. The Hall–Kier alpha value is -1.79. The van der Waals surface area contributed by atoms with E-state index in [0.29, 0.717) is 19.6 Å². The van der Waals surface area contributed by atoms with Crippen LogP contribution in [0.5, 0.6) is 0 Å². The van der Waals surface area contributed by atoms with E-state index in [-0.39, 0.29) is 18.4 Å². The molecule has 0 saturated heterocycles. The van der Waals surface area contributed by atoms with Crippen LogP contribution in [0.3, 0.4) is 0 Å². The number of carbonyl (C=O) groups is 3. The molecule has 0 saturated carbocycles. The van der Waals surface area contributed by atoms with Gasteiger partial charge in [0.1, 0.15) is 12.6 Å². The highest BCUT2D eigenvalue weighted by Crippen LogP contribution is 2.01. The largest absolute Gasteiger partial charge is 0.480 e. The molecule has 1 atom stereocenters. The molecule has 0 heterocycles. The first-order valence-electron chi connectivity index (χ1n) is 7.28. The first kappa shape index (κ1) is 19.2. The molecule has 2 N–H and O–H groups in total. The van der Waals surface area contributed by atoms with Crippen LogP contribution >= 0.6 is 0 Å². The Morgan fingerprint density at radius 1 is 1.05 bits per heavy atom. The predicted octanol–water partition coefficient (Wildman–Crippen LogP) is 0.996. The van der Waals surface area contributed by atoms with Gasteiger partial charge >= 0.3 is 12.0 Å². The maximum Gasteiger partial charge on any atom is 0.323 e. The molecule has 1 unspecified atom stereocenters. The number of amides is 3. The number of nitrogens with zero attached hydrogens (tertiary/aromatic N) is 2. The van der Waals surface area contributed by atoms with Crippen molar-refractivity contribution in [2.45, 2.75) is 40.7 Å². The van der Waals surface area contributed by atoms with Crippen LogP contribution < -0.4 is 5.32 Å². The van der Waals surface area contributed by atoms with Crippen molar-refractivity contribution < 1.29 is 19.5 Å². The third-order valence-corrected chi connectivity index (χ3v) is 2.98. The van der Waals surface area contributed by atoms with Gasteiger partial charge in [0.2, 0.25) is 5.91 Å². The normalized spacial score (nSPS) is 11.9. The first-order valence-corrected chi connectivity index (χ1v) is 7.28. The molecule has 3 amide bonds. The number of carboxylic acid groups (broad SMARTS) is 1. The SMILES string of the molecule is CCN(CC)C(=O)C(C)NC(=O)N(CC(=O)O)CC(C)C. The monoisotopic (exact) mass is 301 g/mol. The zero-order valence-electron chi connectivity index (χ0n) is 13.5. The van der Waals surface area contributed by atoms with E-state index in [0.717, 1.165) is 0 Å². The fourth-order valence-electron chi connectivity index (χ4n) is 1.97. The number of nitrogens with one attached hydrogen (secondary N) is 1. The third-order valence-electron chi connectivity index (χ3n) is 2.98. The van der Waals surface area contributed by atoms with Gasteiger partial charge in [0.05, 0.1) is 0 Å². The van der Waals surface area contributed by atoms with Gasteiger partial charge in [0.15, 0.2) is 0 Å². The topological polar surface area (TPSA) is 90.0 Å². The molecule has 0 aromatic carbocycles. The van der Waals surface area contributed by atoms with E-state index in [1.165, 1.54) is 4.90 Å². The van der Waals surface area contributed by atoms with E-state index in [1.54, 1.807) is 11.8 Å². The van der Waals surface area contributed by atoms with E-state index in [2.05, 4.69) is 5.32 Å². The van der Waals surface area contributed by atoms with E-state index < -0.39 is 18.0 Å². The lowest BCUT2D eigenvalue weighted by atomic mass is 10.2. The van der Waals surface area contributed by atoms with Crippen molar-refractivity contribution in [1.82, 2.24) is 15.1 Å². The number of carboxylic acids is 1. The van der Waals surface area contributed by atoms with Crippen molar-refractivity contribution >= 4 is 17.9 Å². The Labute approximate surface area is 126 Å². The molecule has 0 aliphatic carbocycles. The summed E-state index contributed by atoms with van der Waals surface area (Å²) in [4.78, 5) is 37.8. The van der Waals surface area contributed by atoms with Gasteiger partial charge in [-0.05, 0) is 26.7 Å². The van der Waals surface area contributed by atoms with Gasteiger partial charge in [-0.25, -0.2) is 4.79 Å². The minimum Gasteiger partial charge on any atom is -0.480 e. The van der Waals surface area contributed by atoms with Gasteiger partial charge in [-0.2, -0.15) is 0 Å². The number of rotatable bonds is 8. The van der Waals surface area contributed by atoms with Gasteiger partial charge in [0, 0.05) is 19.6 Å². The molecule has 0 radical (unpaired) electrons. The molecule has 0 rings (SSSR count). The Kier molecular flexibility index (Phi) is 8.42. The number of hydrogen-bond donors (Lipinski definition) is 2. The van der Waals surface area contributed by atoms with E-state index in [1.807, 2.05) is 27.7 Å². The number of carbonyl (C=O) groups excluding carboxylic acids is 2. The molecular weight excluding hydrogens is 274 g/mol. The second kappa shape index (κ2) is 9.20. The van der Waals surface area contributed by atoms with Crippen LogP contribution in [0.2, 0.25) is 0 Å². The van der Waals surface area contributed by atoms with Crippen molar-refractivity contribution in [2.75, 3.05) is 26.2 Å². The number of likely N-dealkylation sites (N-methyl/N-ethyl adjacent to an activating group) is 1. The summed E-state index contributed by atoms with van der Waals surface area (Å²) in [7, 11) is 0. The van der Waals surface area contributed by atoms with Gasteiger partial charge in [0.25, 0.3) is 0 Å². The summed E-state index contributed by atoms with van der Waals surface area (Å²) >= 11 is 0. The van der Waals surface area contributed by atoms with Crippen molar-refractivity contribution in [3.63, 3.8) is 0 Å². The fraction of sp³-hybridized carbons (Fsp3) is 0.786. The van der Waals surface area contributed by atoms with E-state index in [4.69, 9.17) is 5.11 Å². The van der Waals surface area contributed by atoms with Crippen LogP contribution in [-0.4, -0.2) is 65.0 Å². The average Bonchev–Trinajstić information content (AvgIpc) is 2.37. The second-order valence-corrected chi connectivity index (χ2v) is 5.35. The Morgan fingerprint density at radius 2 is 1.57 bits per heavy atom. The summed E-state index contributed by atoms with van der Waals surface area (Å²) in [5.74, 6) is -1.11. The van der Waals surface area contributed by atoms with Crippen LogP contribution in [0.1, 0.15) is 34.6 Å². The lowest BCUT2D eigenvalue weighted by Gasteiger charge is -2.27. The lowest BCUT2D eigenvalue weighted by Crippen LogP contribution is -2.52. The summed E-state index contributed by atoms with van der Waals surface area (Å²) in [6.07, 6.45) is 0. The van der Waals surface area contributed by atoms with Crippen molar-refractivity contribution in [3.8, 4) is 0 Å². The van der Waals surface area contributed by atoms with Crippen LogP contribution in [0.4, 0.5) is 4.79 Å². The lowest BCUT2D eigenvalue weighted by molar-refractivity contribution is -0.137. The van der Waals surface area contributed by atoms with E-state index in [9.17, 15) is 14.4 Å². The molecule has 122 valence electrons. The quantitative estimate of drug-likeness (QED) is 0.699. The molecule has 0 aromatic rings. The highest BCUT2D eigenvalue weighted by molar-refractivity contribution is 5.87. The molecule has 0 spiro atoms. The third kappa shape index (κ3) is 6.97. The molecule has 0 aliphatic rings. The predicted molar refractivity (Wildman–Crippen MR) is 80.0 cm³/mol. The van der Waals surface area contributed by atoms with Crippen molar-refractivity contribution in [1.29, 1.82) is 0 Å². The van der Waals surface area contributed by atoms with Crippen LogP contribution in [0, 0.1) is 5.92 Å². The molecule has 0 bridgehead atoms. The fourth-order valence-corrected chi connectivity index (χ4v) is 1.97. The summed E-state index contributed by atoms with van der Waals surface area (Å²) in [5.41, 5.74) is 0. The molecular formula is C14H27N3O4. The molecule has 21 heavy (non-hydrogen) atoms. The smallest absolute Gasteiger partial charge is 0.323 e. The van der Waals surface area contributed by atoms with Gasteiger partial charge in [-0.1, -0.05) is 13.8 Å². The molecule has 7 heteroatoms. The van der Waals surface area contributed by atoms with Crippen molar-refractivity contribution in [3.05, 3.63) is 0 Å². The van der Waals surface area contributed by atoms with E-state index >= 15 is 0 Å². The second-order valence-electron chi connectivity index (χ2n) is 5.35. The minimum atomic E-state index is -1.08. The van der Waals surface area contributed by atoms with Gasteiger partial charge in [-0.3, -0.25) is 9.59 Å². The highest BCUT2D eigenvalue weighted by Gasteiger charge is 2.24.